The van der Waals surface area contributed by atoms with E-state index in [9.17, 15) is 0 Å². The molecule has 0 spiro atoms. The molecule has 0 aliphatic heterocycles. The van der Waals surface area contributed by atoms with Gasteiger partial charge in [0.05, 0.1) is 11.4 Å². The molecule has 1 aromatic heterocycles. The van der Waals surface area contributed by atoms with Crippen LogP contribution in [-0.4, -0.2) is 9.97 Å². The van der Waals surface area contributed by atoms with E-state index in [2.05, 4.69) is 24.1 Å². The number of thiazole rings is 1. The van der Waals surface area contributed by atoms with E-state index in [1.165, 1.54) is 4.88 Å². The highest BCUT2D eigenvalue weighted by atomic mass is 35.5. The van der Waals surface area contributed by atoms with E-state index in [1.807, 2.05) is 6.07 Å². The average molecular weight is 312 g/mol. The molecule has 0 atom stereocenters. The van der Waals surface area contributed by atoms with E-state index in [1.54, 1.807) is 23.5 Å². The molecular formula is C13H14ClN3S2. The van der Waals surface area contributed by atoms with Crippen molar-refractivity contribution < 1.29 is 0 Å². The van der Waals surface area contributed by atoms with Gasteiger partial charge >= 0.3 is 0 Å². The molecule has 100 valence electrons. The highest BCUT2D eigenvalue weighted by molar-refractivity contribution is 7.80. The number of thiocarbonyl (C=S) groups is 1. The summed E-state index contributed by atoms with van der Waals surface area (Å²) in [5, 5.41) is 4.70. The third-order valence-electron chi connectivity index (χ3n) is 2.72. The molecule has 0 unspecified atom stereocenters. The molecular weight excluding hydrogens is 298 g/mol. The Bertz CT molecular complexity index is 622. The summed E-state index contributed by atoms with van der Waals surface area (Å²) in [5.74, 6) is 0. The van der Waals surface area contributed by atoms with Crippen molar-refractivity contribution in [2.24, 2.45) is 5.73 Å². The van der Waals surface area contributed by atoms with Crippen molar-refractivity contribution in [3.63, 3.8) is 0 Å². The predicted octanol–water partition coefficient (Wildman–Crippen LogP) is 4.05. The maximum Gasteiger partial charge on any atom is 0.187 e. The minimum atomic E-state index is 0.336. The Kier molecular flexibility index (Phi) is 4.39. The zero-order valence-electron chi connectivity index (χ0n) is 10.7. The molecule has 2 aromatic rings. The van der Waals surface area contributed by atoms with Crippen molar-refractivity contribution in [3.8, 4) is 0 Å². The van der Waals surface area contributed by atoms with Crippen molar-refractivity contribution in [1.29, 1.82) is 0 Å². The van der Waals surface area contributed by atoms with Gasteiger partial charge in [-0.3, -0.25) is 0 Å². The van der Waals surface area contributed by atoms with Crippen LogP contribution in [-0.2, 0) is 6.42 Å². The van der Waals surface area contributed by atoms with Gasteiger partial charge in [-0.2, -0.15) is 0 Å². The number of rotatable bonds is 4. The van der Waals surface area contributed by atoms with Crippen LogP contribution in [0.5, 0.6) is 0 Å². The summed E-state index contributed by atoms with van der Waals surface area (Å²) >= 11 is 12.7. The fourth-order valence-corrected chi connectivity index (χ4v) is 3.02. The Morgan fingerprint density at radius 1 is 1.53 bits per heavy atom. The third-order valence-corrected chi connectivity index (χ3v) is 4.10. The fourth-order valence-electron chi connectivity index (χ4n) is 1.76. The summed E-state index contributed by atoms with van der Waals surface area (Å²) in [5.41, 5.74) is 8.37. The number of aromatic nitrogens is 1. The molecule has 3 N–H and O–H groups in total. The van der Waals surface area contributed by atoms with Gasteiger partial charge in [0.1, 0.15) is 4.99 Å². The lowest BCUT2D eigenvalue weighted by Gasteiger charge is -2.09. The van der Waals surface area contributed by atoms with E-state index in [-0.39, 0.29) is 0 Å². The number of halogens is 1. The van der Waals surface area contributed by atoms with Gasteiger partial charge in [0.2, 0.25) is 0 Å². The fraction of sp³-hybridized carbons (Fsp3) is 0.231. The molecule has 6 heteroatoms. The zero-order chi connectivity index (χ0) is 14.0. The average Bonchev–Trinajstić information content (AvgIpc) is 2.69. The van der Waals surface area contributed by atoms with Crippen LogP contribution >= 0.6 is 35.2 Å². The molecule has 19 heavy (non-hydrogen) atoms. The Balaban J connectivity index is 2.36. The number of hydrogen-bond donors (Lipinski definition) is 2. The van der Waals surface area contributed by atoms with Gasteiger partial charge in [-0.15, -0.1) is 11.3 Å². The van der Waals surface area contributed by atoms with E-state index in [4.69, 9.17) is 29.6 Å². The molecule has 0 radical (unpaired) electrons. The highest BCUT2D eigenvalue weighted by Crippen LogP contribution is 2.29. The molecule has 0 aliphatic rings. The second kappa shape index (κ2) is 5.86. The van der Waals surface area contributed by atoms with E-state index < -0.39 is 0 Å². The minimum Gasteiger partial charge on any atom is -0.389 e. The van der Waals surface area contributed by atoms with Gasteiger partial charge in [-0.25, -0.2) is 4.98 Å². The molecule has 0 saturated heterocycles. The molecule has 0 fully saturated rings. The number of nitrogens with one attached hydrogen (secondary N) is 1. The first-order valence-electron chi connectivity index (χ1n) is 5.84. The second-order valence-electron chi connectivity index (χ2n) is 4.05. The quantitative estimate of drug-likeness (QED) is 0.837. The number of anilines is 2. The van der Waals surface area contributed by atoms with Crippen LogP contribution in [0.15, 0.2) is 18.2 Å². The molecule has 0 bridgehead atoms. The van der Waals surface area contributed by atoms with Crippen molar-refractivity contribution >= 4 is 51.0 Å². The van der Waals surface area contributed by atoms with Gasteiger partial charge in [0, 0.05) is 15.5 Å². The smallest absolute Gasteiger partial charge is 0.187 e. The normalized spacial score (nSPS) is 10.5. The standard InChI is InChI=1S/C13H14ClN3S2/c1-3-10-7(2)19-13(16-10)17-11-6-8(14)4-5-9(11)12(15)18/h4-6H,3H2,1-2H3,(H2,15,18)(H,16,17). The summed E-state index contributed by atoms with van der Waals surface area (Å²) in [6.45, 7) is 4.15. The first-order valence-corrected chi connectivity index (χ1v) is 7.44. The Labute approximate surface area is 126 Å². The van der Waals surface area contributed by atoms with Crippen molar-refractivity contribution in [2.75, 3.05) is 5.32 Å². The molecule has 3 nitrogen and oxygen atoms in total. The minimum absolute atomic E-state index is 0.336. The topological polar surface area (TPSA) is 50.9 Å². The summed E-state index contributed by atoms with van der Waals surface area (Å²) in [6, 6.07) is 5.39. The van der Waals surface area contributed by atoms with E-state index in [0.29, 0.717) is 10.0 Å². The number of nitrogens with two attached hydrogens (primary N) is 1. The molecule has 2 rings (SSSR count). The molecule has 0 amide bonds. The van der Waals surface area contributed by atoms with Crippen LogP contribution in [0.2, 0.25) is 5.02 Å². The lowest BCUT2D eigenvalue weighted by molar-refractivity contribution is 1.05. The summed E-state index contributed by atoms with van der Waals surface area (Å²) in [4.78, 5) is 6.08. The van der Waals surface area contributed by atoms with Crippen LogP contribution in [0.3, 0.4) is 0 Å². The summed E-state index contributed by atoms with van der Waals surface area (Å²) < 4.78 is 0. The van der Waals surface area contributed by atoms with Crippen LogP contribution in [0, 0.1) is 6.92 Å². The SMILES string of the molecule is CCc1nc(Nc2cc(Cl)ccc2C(N)=S)sc1C. The van der Waals surface area contributed by atoms with Crippen LogP contribution in [0.1, 0.15) is 23.1 Å². The Morgan fingerprint density at radius 3 is 2.84 bits per heavy atom. The zero-order valence-corrected chi connectivity index (χ0v) is 13.0. The monoisotopic (exact) mass is 311 g/mol. The van der Waals surface area contributed by atoms with Gasteiger partial charge in [0.25, 0.3) is 0 Å². The lowest BCUT2D eigenvalue weighted by Crippen LogP contribution is -2.11. The number of benzene rings is 1. The summed E-state index contributed by atoms with van der Waals surface area (Å²) in [6.07, 6.45) is 0.918. The Hall–Kier alpha value is -1.17. The molecule has 0 saturated carbocycles. The summed E-state index contributed by atoms with van der Waals surface area (Å²) in [7, 11) is 0. The van der Waals surface area contributed by atoms with Gasteiger partial charge in [-0.05, 0) is 31.5 Å². The van der Waals surface area contributed by atoms with Gasteiger partial charge in [-0.1, -0.05) is 30.7 Å². The predicted molar refractivity (Wildman–Crippen MR) is 86.9 cm³/mol. The highest BCUT2D eigenvalue weighted by Gasteiger charge is 2.10. The van der Waals surface area contributed by atoms with Gasteiger partial charge in [0.15, 0.2) is 5.13 Å². The largest absolute Gasteiger partial charge is 0.389 e. The van der Waals surface area contributed by atoms with Gasteiger partial charge < -0.3 is 11.1 Å². The molecule has 0 aliphatic carbocycles. The first kappa shape index (κ1) is 14.2. The van der Waals surface area contributed by atoms with Crippen LogP contribution in [0.25, 0.3) is 0 Å². The van der Waals surface area contributed by atoms with E-state index >= 15 is 0 Å². The van der Waals surface area contributed by atoms with Crippen molar-refractivity contribution in [1.82, 2.24) is 4.98 Å². The maximum absolute atomic E-state index is 6.01. The van der Waals surface area contributed by atoms with Crippen LogP contribution < -0.4 is 11.1 Å². The third kappa shape index (κ3) is 3.23. The second-order valence-corrected chi connectivity index (χ2v) is 6.13. The Morgan fingerprint density at radius 2 is 2.26 bits per heavy atom. The first-order chi connectivity index (χ1) is 9.01. The lowest BCUT2D eigenvalue weighted by atomic mass is 10.2. The molecule has 1 heterocycles. The van der Waals surface area contributed by atoms with Crippen LogP contribution in [0.4, 0.5) is 10.8 Å². The maximum atomic E-state index is 6.01. The van der Waals surface area contributed by atoms with Crippen molar-refractivity contribution in [3.05, 3.63) is 39.4 Å². The number of aryl methyl sites for hydroxylation is 2. The molecule has 1 aromatic carbocycles. The van der Waals surface area contributed by atoms with Crippen molar-refractivity contribution in [2.45, 2.75) is 20.3 Å². The van der Waals surface area contributed by atoms with E-state index in [0.717, 1.165) is 28.5 Å². The number of hydrogen-bond acceptors (Lipinski definition) is 4. The number of nitrogens with zero attached hydrogens (tertiary/aromatic N) is 1.